The van der Waals surface area contributed by atoms with Gasteiger partial charge < -0.3 is 9.42 Å². The summed E-state index contributed by atoms with van der Waals surface area (Å²) in [6.07, 6.45) is 3.90. The van der Waals surface area contributed by atoms with Gasteiger partial charge in [-0.25, -0.2) is 0 Å². The first-order valence-electron chi connectivity index (χ1n) is 8.35. The van der Waals surface area contributed by atoms with Crippen LogP contribution in [0.1, 0.15) is 29.5 Å². The number of pyridine rings is 1. The minimum Gasteiger partial charge on any atom is -0.342 e. The number of amides is 1. The molecule has 3 aromatic rings. The maximum Gasteiger partial charge on any atom is 0.230 e. The Morgan fingerprint density at radius 2 is 2.12 bits per heavy atom. The average Bonchev–Trinajstić information content (AvgIpc) is 3.34. The molecule has 25 heavy (non-hydrogen) atoms. The molecule has 1 amide bonds. The summed E-state index contributed by atoms with van der Waals surface area (Å²) in [5, 5.41) is 6.04. The molecule has 0 N–H and O–H groups in total. The van der Waals surface area contributed by atoms with Crippen molar-refractivity contribution < 1.29 is 9.32 Å². The largest absolute Gasteiger partial charge is 0.342 e. The van der Waals surface area contributed by atoms with Crippen LogP contribution in [0, 0.1) is 0 Å². The summed E-state index contributed by atoms with van der Waals surface area (Å²) < 4.78 is 5.44. The third-order valence-corrected chi connectivity index (χ3v) is 5.31. The van der Waals surface area contributed by atoms with Crippen LogP contribution >= 0.6 is 11.3 Å². The van der Waals surface area contributed by atoms with Gasteiger partial charge in [-0.1, -0.05) is 17.3 Å². The molecular formula is C18H18N4O2S. The second-order valence-electron chi connectivity index (χ2n) is 6.08. The van der Waals surface area contributed by atoms with Crippen molar-refractivity contribution in [3.63, 3.8) is 0 Å². The quantitative estimate of drug-likeness (QED) is 0.720. The number of rotatable bonds is 4. The molecule has 1 aliphatic heterocycles. The first-order valence-corrected chi connectivity index (χ1v) is 9.23. The van der Waals surface area contributed by atoms with E-state index >= 15 is 0 Å². The van der Waals surface area contributed by atoms with Crippen molar-refractivity contribution in [1.29, 1.82) is 0 Å². The summed E-state index contributed by atoms with van der Waals surface area (Å²) in [5.74, 6) is 1.56. The van der Waals surface area contributed by atoms with Crippen LogP contribution in [0.5, 0.6) is 0 Å². The van der Waals surface area contributed by atoms with Gasteiger partial charge in [0, 0.05) is 30.1 Å². The Bertz CT molecular complexity index is 824. The zero-order chi connectivity index (χ0) is 17.1. The molecule has 0 aromatic carbocycles. The Hall–Kier alpha value is -2.54. The minimum atomic E-state index is 0.195. The van der Waals surface area contributed by atoms with Crippen molar-refractivity contribution in [1.82, 2.24) is 20.0 Å². The number of hydrogen-bond acceptors (Lipinski definition) is 6. The van der Waals surface area contributed by atoms with Crippen LogP contribution in [0.2, 0.25) is 0 Å². The summed E-state index contributed by atoms with van der Waals surface area (Å²) in [5.41, 5.74) is 0.709. The van der Waals surface area contributed by atoms with Gasteiger partial charge in [0.25, 0.3) is 0 Å². The topological polar surface area (TPSA) is 72.1 Å². The van der Waals surface area contributed by atoms with E-state index in [0.717, 1.165) is 30.8 Å². The third-order valence-electron chi connectivity index (χ3n) is 4.44. The van der Waals surface area contributed by atoms with Gasteiger partial charge in [0.15, 0.2) is 0 Å². The second-order valence-corrected chi connectivity index (χ2v) is 7.11. The van der Waals surface area contributed by atoms with Crippen LogP contribution in [0.25, 0.3) is 11.5 Å². The lowest BCUT2D eigenvalue weighted by molar-refractivity contribution is -0.131. The Balaban J connectivity index is 1.36. The van der Waals surface area contributed by atoms with Gasteiger partial charge >= 0.3 is 0 Å². The van der Waals surface area contributed by atoms with Gasteiger partial charge in [0.1, 0.15) is 5.69 Å². The lowest BCUT2D eigenvalue weighted by atomic mass is 9.96. The molecule has 0 spiro atoms. The predicted octanol–water partition coefficient (Wildman–Crippen LogP) is 3.14. The first kappa shape index (κ1) is 16.0. The molecule has 7 heteroatoms. The number of nitrogens with zero attached hydrogens (tertiary/aromatic N) is 4. The lowest BCUT2D eigenvalue weighted by Gasteiger charge is -2.30. The van der Waals surface area contributed by atoms with Gasteiger partial charge in [0.2, 0.25) is 17.6 Å². The van der Waals surface area contributed by atoms with Gasteiger partial charge in [-0.2, -0.15) is 4.98 Å². The number of carbonyl (C=O) groups excluding carboxylic acids is 1. The van der Waals surface area contributed by atoms with Crippen molar-refractivity contribution in [2.24, 2.45) is 0 Å². The zero-order valence-corrected chi connectivity index (χ0v) is 14.5. The van der Waals surface area contributed by atoms with Crippen LogP contribution in [-0.4, -0.2) is 39.0 Å². The van der Waals surface area contributed by atoms with E-state index in [1.807, 2.05) is 40.6 Å². The van der Waals surface area contributed by atoms with Gasteiger partial charge in [-0.3, -0.25) is 9.78 Å². The summed E-state index contributed by atoms with van der Waals surface area (Å²) in [6, 6.07) is 9.60. The van der Waals surface area contributed by atoms with E-state index in [1.54, 1.807) is 17.5 Å². The van der Waals surface area contributed by atoms with E-state index in [2.05, 4.69) is 15.1 Å². The minimum absolute atomic E-state index is 0.195. The molecule has 1 aliphatic rings. The van der Waals surface area contributed by atoms with Crippen molar-refractivity contribution in [3.05, 3.63) is 52.7 Å². The molecule has 128 valence electrons. The van der Waals surface area contributed by atoms with E-state index in [9.17, 15) is 4.79 Å². The molecule has 0 atom stereocenters. The number of likely N-dealkylation sites (tertiary alicyclic amines) is 1. The molecule has 0 radical (unpaired) electrons. The monoisotopic (exact) mass is 354 g/mol. The van der Waals surface area contributed by atoms with Crippen molar-refractivity contribution in [3.8, 4) is 11.5 Å². The van der Waals surface area contributed by atoms with Crippen molar-refractivity contribution in [2.75, 3.05) is 13.1 Å². The Morgan fingerprint density at radius 1 is 1.24 bits per heavy atom. The highest BCUT2D eigenvalue weighted by atomic mass is 32.1. The van der Waals surface area contributed by atoms with Crippen LogP contribution in [0.15, 0.2) is 46.4 Å². The van der Waals surface area contributed by atoms with Crippen LogP contribution < -0.4 is 0 Å². The highest BCUT2D eigenvalue weighted by molar-refractivity contribution is 7.10. The summed E-state index contributed by atoms with van der Waals surface area (Å²) in [7, 11) is 0. The Morgan fingerprint density at radius 3 is 2.84 bits per heavy atom. The first-order chi connectivity index (χ1) is 12.3. The summed E-state index contributed by atoms with van der Waals surface area (Å²) in [4.78, 5) is 24.2. The van der Waals surface area contributed by atoms with Crippen LogP contribution in [0.4, 0.5) is 0 Å². The maximum absolute atomic E-state index is 12.4. The van der Waals surface area contributed by atoms with E-state index in [4.69, 9.17) is 4.52 Å². The fourth-order valence-corrected chi connectivity index (χ4v) is 3.75. The molecule has 3 aromatic heterocycles. The fraction of sp³-hybridized carbons (Fsp3) is 0.333. The Kier molecular flexibility index (Phi) is 4.56. The average molecular weight is 354 g/mol. The van der Waals surface area contributed by atoms with Gasteiger partial charge in [-0.15, -0.1) is 11.3 Å². The molecule has 0 saturated carbocycles. The normalized spacial score (nSPS) is 15.4. The highest BCUT2D eigenvalue weighted by Gasteiger charge is 2.27. The van der Waals surface area contributed by atoms with Crippen LogP contribution in [0.3, 0.4) is 0 Å². The number of carbonyl (C=O) groups is 1. The van der Waals surface area contributed by atoms with Crippen LogP contribution in [-0.2, 0) is 11.2 Å². The summed E-state index contributed by atoms with van der Waals surface area (Å²) in [6.45, 7) is 1.46. The van der Waals surface area contributed by atoms with Crippen molar-refractivity contribution >= 4 is 17.2 Å². The second kappa shape index (κ2) is 7.14. The predicted molar refractivity (Wildman–Crippen MR) is 94.1 cm³/mol. The smallest absolute Gasteiger partial charge is 0.230 e. The van der Waals surface area contributed by atoms with E-state index in [0.29, 0.717) is 23.8 Å². The molecular weight excluding hydrogens is 336 g/mol. The molecule has 1 fully saturated rings. The zero-order valence-electron chi connectivity index (χ0n) is 13.7. The molecule has 0 aliphatic carbocycles. The van der Waals surface area contributed by atoms with E-state index < -0.39 is 0 Å². The molecule has 6 nitrogen and oxygen atoms in total. The van der Waals surface area contributed by atoms with E-state index in [-0.39, 0.29) is 11.8 Å². The van der Waals surface area contributed by atoms with Gasteiger partial charge in [0.05, 0.1) is 6.42 Å². The molecule has 0 bridgehead atoms. The van der Waals surface area contributed by atoms with Crippen molar-refractivity contribution in [2.45, 2.75) is 25.2 Å². The third kappa shape index (κ3) is 3.61. The number of hydrogen-bond donors (Lipinski definition) is 0. The Labute approximate surface area is 149 Å². The molecule has 4 heterocycles. The number of aromatic nitrogens is 3. The lowest BCUT2D eigenvalue weighted by Crippen LogP contribution is -2.38. The van der Waals surface area contributed by atoms with E-state index in [1.165, 1.54) is 0 Å². The molecule has 1 saturated heterocycles. The maximum atomic E-state index is 12.4. The standard InChI is InChI=1S/C18H18N4O2S/c23-16(12-14-4-3-11-25-14)22-9-6-13(7-10-22)18-20-17(21-24-18)15-5-1-2-8-19-15/h1-5,8,11,13H,6-7,9-10,12H2. The molecule has 0 unspecified atom stereocenters. The number of thiophene rings is 1. The van der Waals surface area contributed by atoms with Gasteiger partial charge in [-0.05, 0) is 36.4 Å². The fourth-order valence-electron chi connectivity index (χ4n) is 3.05. The highest BCUT2D eigenvalue weighted by Crippen LogP contribution is 2.28. The molecule has 4 rings (SSSR count). The summed E-state index contributed by atoms with van der Waals surface area (Å²) >= 11 is 1.63. The SMILES string of the molecule is O=C(Cc1cccs1)N1CCC(c2nc(-c3ccccn3)no2)CC1. The number of piperidine rings is 1.